The van der Waals surface area contributed by atoms with Gasteiger partial charge in [0.15, 0.2) is 0 Å². The predicted octanol–water partition coefficient (Wildman–Crippen LogP) is 26.8. The van der Waals surface area contributed by atoms with E-state index in [0.717, 1.165) is 145 Å². The molecule has 14 aromatic carbocycles. The summed E-state index contributed by atoms with van der Waals surface area (Å²) in [6.07, 6.45) is 22.4. The molecule has 0 aliphatic carbocycles. The zero-order valence-corrected chi connectivity index (χ0v) is 83.7. The summed E-state index contributed by atoms with van der Waals surface area (Å²) in [4.78, 5) is 0. The minimum Gasteiger partial charge on any atom is -0.258 e. The van der Waals surface area contributed by atoms with E-state index in [2.05, 4.69) is 423 Å². The Labute approximate surface area is 833 Å². The van der Waals surface area contributed by atoms with E-state index in [1.165, 1.54) is 150 Å². The van der Waals surface area contributed by atoms with E-state index in [4.69, 9.17) is 15.3 Å². The fourth-order valence-electron chi connectivity index (χ4n) is 19.1. The molecule has 0 atom stereocenters. The third-order valence-corrected chi connectivity index (χ3v) is 26.3. The first-order valence-electron chi connectivity index (χ1n) is 47.0. The maximum Gasteiger partial charge on any atom is 3.00 e. The first-order valence-corrected chi connectivity index (χ1v) is 47.0. The molecular formula is C123H108Ir2N12. The van der Waals surface area contributed by atoms with Crippen LogP contribution in [0.25, 0.3) is 102 Å². The van der Waals surface area contributed by atoms with Crippen LogP contribution in [-0.4, -0.2) is 58.7 Å². The number of hydrogen-bond donors (Lipinski definition) is 0. The van der Waals surface area contributed by atoms with Crippen LogP contribution in [0.1, 0.15) is 117 Å². The molecule has 0 aliphatic heterocycles. The molecule has 0 saturated heterocycles. The predicted molar refractivity (Wildman–Crippen MR) is 547 cm³/mol. The maximum absolute atomic E-state index is 4.71. The SMILES string of the molecule is Cc1cccc(C)c1-c1ccnn1-c1[c-]cc(CCc2cc(CCc3c[c-]c(-n4nccc4-c4c(C)cccc4C)cc3)cc(CCc3c[c-]c(-n4nccc4-c4c(C)cccc4C)cc3)c2)cc1.Cc1ccccc1-c1ccnn1-c1[c-]cc(CCc2cc(CCc3c[c-]c(-n4nccc4-c4ccccc4C)cc3)cc(CCc3c[c-]c(-n4nccc4-c4ccccc4C)cc3)c2)cc1.[Ir+3].[Ir+3]. The summed E-state index contributed by atoms with van der Waals surface area (Å²) in [5.41, 5.74) is 46.1. The van der Waals surface area contributed by atoms with Gasteiger partial charge in [-0.15, -0.1) is 36.4 Å². The number of nitrogens with zero attached hydrogens (tertiary/aromatic N) is 12. The van der Waals surface area contributed by atoms with Crippen molar-refractivity contribution in [2.45, 2.75) is 139 Å². The van der Waals surface area contributed by atoms with Gasteiger partial charge < -0.3 is 0 Å². The molecule has 6 aromatic heterocycles. The van der Waals surface area contributed by atoms with Gasteiger partial charge in [-0.25, -0.2) is 0 Å². The molecule has 0 bridgehead atoms. The molecule has 0 spiro atoms. The maximum atomic E-state index is 4.71. The Bertz CT molecular complexity index is 6720. The van der Waals surface area contributed by atoms with Crippen LogP contribution in [0.15, 0.2) is 347 Å². The topological polar surface area (TPSA) is 107 Å². The standard InChI is InChI=1S/C63H57N6.C60H51N6.2Ir/c1-43-10-7-11-44(2)61(43)58-34-37-64-67(58)55-28-22-49(23-29-55)16-19-52-40-53(20-17-50-24-30-56(31-25-50)68-59(35-38-65-68)62-45(3)12-8-13-46(62)4)42-54(41-52)21-18-51-26-32-57(33-27-51)69-60(36-39-66-69)63-47(5)14-9-15-48(63)6;1-43-10-4-7-13-55(43)58-34-37-61-64(58)52-28-22-46(23-29-52)16-19-49-40-50(20-17-47-24-30-53(31-25-47)65-59(35-38-62-65)56-14-8-5-11-44(56)2)42-51(41-49)21-18-48-26-32-54(33-27-48)66-60(36-39-63-66)57-15-9-6-12-45(57)3;;/h7-15,22-28,30,32,34-42H,16-21H2,1-6H3;4-15,22-28,30,32,34-42H,16-21H2,1-3H3;;/q2*-3;2*+3. The van der Waals surface area contributed by atoms with Crippen molar-refractivity contribution < 1.29 is 40.2 Å². The Morgan fingerprint density at radius 2 is 0.343 bits per heavy atom. The average Bonchev–Trinajstić information content (AvgIpc) is 1.72. The number of rotatable bonds is 30. The zero-order valence-electron chi connectivity index (χ0n) is 78.9. The average molecular weight is 2140 g/mol. The van der Waals surface area contributed by atoms with Crippen molar-refractivity contribution in [2.24, 2.45) is 0 Å². The van der Waals surface area contributed by atoms with E-state index < -0.39 is 0 Å². The molecule has 20 aromatic rings. The second-order valence-electron chi connectivity index (χ2n) is 35.8. The Kier molecular flexibility index (Phi) is 30.0. The van der Waals surface area contributed by atoms with Crippen LogP contribution in [0.2, 0.25) is 0 Å². The van der Waals surface area contributed by atoms with Gasteiger partial charge in [0.05, 0.1) is 34.2 Å². The molecule has 0 N–H and O–H groups in total. The van der Waals surface area contributed by atoms with Crippen LogP contribution < -0.4 is 0 Å². The van der Waals surface area contributed by atoms with E-state index >= 15 is 0 Å². The minimum atomic E-state index is 0. The van der Waals surface area contributed by atoms with Gasteiger partial charge in [-0.3, -0.25) is 28.1 Å². The molecular weight excluding hydrogens is 2030 g/mol. The van der Waals surface area contributed by atoms with Crippen molar-refractivity contribution in [1.29, 1.82) is 0 Å². The smallest absolute Gasteiger partial charge is 0.258 e. The van der Waals surface area contributed by atoms with Crippen molar-refractivity contribution in [1.82, 2.24) is 58.7 Å². The third-order valence-electron chi connectivity index (χ3n) is 26.3. The second-order valence-corrected chi connectivity index (χ2v) is 35.8. The van der Waals surface area contributed by atoms with Crippen LogP contribution in [-0.2, 0) is 117 Å². The van der Waals surface area contributed by atoms with Crippen molar-refractivity contribution >= 4 is 0 Å². The fraction of sp³-hybridized carbons (Fsp3) is 0.171. The second kappa shape index (κ2) is 43.5. The van der Waals surface area contributed by atoms with E-state index in [1.807, 2.05) is 65.3 Å². The van der Waals surface area contributed by atoms with Crippen LogP contribution in [0.5, 0.6) is 0 Å². The number of hydrogen-bond acceptors (Lipinski definition) is 6. The number of aromatic nitrogens is 12. The summed E-state index contributed by atoms with van der Waals surface area (Å²) in [6.45, 7) is 19.4. The Morgan fingerprint density at radius 3 is 0.526 bits per heavy atom. The summed E-state index contributed by atoms with van der Waals surface area (Å²) in [5.74, 6) is 0. The quantitative estimate of drug-likeness (QED) is 0.0415. The third kappa shape index (κ3) is 21.8. The Morgan fingerprint density at radius 1 is 0.175 bits per heavy atom. The number of aryl methyl sites for hydroxylation is 21. The molecule has 0 unspecified atom stereocenters. The van der Waals surface area contributed by atoms with Crippen LogP contribution >= 0.6 is 0 Å². The first-order chi connectivity index (χ1) is 66.1. The van der Waals surface area contributed by atoms with Gasteiger partial charge in [-0.1, -0.05) is 202 Å². The molecule has 6 heterocycles. The van der Waals surface area contributed by atoms with Crippen molar-refractivity contribution in [2.75, 3.05) is 0 Å². The van der Waals surface area contributed by atoms with E-state index in [1.54, 1.807) is 0 Å². The largest absolute Gasteiger partial charge is 3.00 e. The van der Waals surface area contributed by atoms with E-state index in [-0.39, 0.29) is 40.2 Å². The summed E-state index contributed by atoms with van der Waals surface area (Å²) in [6, 6.07) is 132. The summed E-state index contributed by atoms with van der Waals surface area (Å²) in [5, 5.41) is 28.1. The van der Waals surface area contributed by atoms with Crippen LogP contribution in [0, 0.1) is 98.7 Å². The van der Waals surface area contributed by atoms with Crippen LogP contribution in [0.4, 0.5) is 0 Å². The first kappa shape index (κ1) is 94.4. The monoisotopic (exact) mass is 2140 g/mol. The van der Waals surface area contributed by atoms with Gasteiger partial charge in [0.2, 0.25) is 0 Å². The molecule has 0 fully saturated rings. The summed E-state index contributed by atoms with van der Waals surface area (Å²) in [7, 11) is 0. The van der Waals surface area contributed by atoms with E-state index in [0.29, 0.717) is 0 Å². The normalized spacial score (nSPS) is 11.2. The molecule has 14 heteroatoms. The molecule has 12 nitrogen and oxygen atoms in total. The molecule has 0 aliphatic rings. The van der Waals surface area contributed by atoms with Gasteiger partial charge in [0.25, 0.3) is 0 Å². The minimum absolute atomic E-state index is 0. The van der Waals surface area contributed by atoms with Gasteiger partial charge in [-0.05, 0) is 255 Å². The molecule has 678 valence electrons. The van der Waals surface area contributed by atoms with Gasteiger partial charge in [-0.2, -0.15) is 173 Å². The molecule has 0 saturated carbocycles. The fourth-order valence-corrected chi connectivity index (χ4v) is 19.1. The van der Waals surface area contributed by atoms with Gasteiger partial charge >= 0.3 is 40.2 Å². The van der Waals surface area contributed by atoms with Gasteiger partial charge in [0, 0.05) is 70.6 Å². The molecule has 137 heavy (non-hydrogen) atoms. The molecule has 20 rings (SSSR count). The van der Waals surface area contributed by atoms with Crippen LogP contribution in [0.3, 0.4) is 0 Å². The van der Waals surface area contributed by atoms with E-state index in [9.17, 15) is 0 Å². The van der Waals surface area contributed by atoms with Crippen molar-refractivity contribution in [3.63, 3.8) is 0 Å². The Hall–Kier alpha value is -14.4. The van der Waals surface area contributed by atoms with Crippen molar-refractivity contribution in [3.8, 4) is 102 Å². The molecule has 0 amide bonds. The Balaban J connectivity index is 0.000000187. The zero-order chi connectivity index (χ0) is 92.3. The molecule has 0 radical (unpaired) electrons. The summed E-state index contributed by atoms with van der Waals surface area (Å²) >= 11 is 0. The van der Waals surface area contributed by atoms with Gasteiger partial charge in [0.1, 0.15) is 0 Å². The number of benzene rings is 14. The van der Waals surface area contributed by atoms with Crippen molar-refractivity contribution in [3.05, 3.63) is 500 Å². The summed E-state index contributed by atoms with van der Waals surface area (Å²) < 4.78 is 12.0.